The second-order valence-electron chi connectivity index (χ2n) is 5.13. The fourth-order valence-electron chi connectivity index (χ4n) is 1.88. The van der Waals surface area contributed by atoms with Crippen LogP contribution in [0.5, 0.6) is 0 Å². The number of nitrogens with one attached hydrogen (secondary N) is 1. The molecule has 1 aromatic rings. The third kappa shape index (κ3) is 2.81. The predicted octanol–water partition coefficient (Wildman–Crippen LogP) is 3.05. The minimum absolute atomic E-state index is 0.0163. The second kappa shape index (κ2) is 4.69. The Bertz CT molecular complexity index is 438. The van der Waals surface area contributed by atoms with Gasteiger partial charge in [-0.05, 0) is 38.3 Å². The first-order valence-corrected chi connectivity index (χ1v) is 6.51. The van der Waals surface area contributed by atoms with E-state index in [0.29, 0.717) is 12.4 Å². The molecule has 2 nitrogen and oxygen atoms in total. The Kier molecular flexibility index (Phi) is 3.43. The lowest BCUT2D eigenvalue weighted by Crippen LogP contribution is -2.31. The summed E-state index contributed by atoms with van der Waals surface area (Å²) in [5, 5.41) is 3.00. The molecule has 17 heavy (non-hydrogen) atoms. The fourth-order valence-corrected chi connectivity index (χ4v) is 2.24. The summed E-state index contributed by atoms with van der Waals surface area (Å²) in [6.45, 7) is 4.66. The van der Waals surface area contributed by atoms with E-state index in [2.05, 4.69) is 5.32 Å². The monoisotopic (exact) mass is 251 g/mol. The van der Waals surface area contributed by atoms with Gasteiger partial charge >= 0.3 is 0 Å². The topological polar surface area (TPSA) is 29.1 Å². The summed E-state index contributed by atoms with van der Waals surface area (Å²) in [6.07, 6.45) is 2.26. The molecule has 0 atom stereocenters. The number of benzene rings is 1. The predicted molar refractivity (Wildman–Crippen MR) is 70.6 cm³/mol. The van der Waals surface area contributed by atoms with E-state index >= 15 is 0 Å². The molecule has 0 aliphatic heterocycles. The first-order valence-electron chi connectivity index (χ1n) is 5.98. The summed E-state index contributed by atoms with van der Waals surface area (Å²) in [4.78, 5) is 12.1. The lowest BCUT2D eigenvalue weighted by atomic mass is 10.0. The van der Waals surface area contributed by atoms with Gasteiger partial charge in [0.25, 0.3) is 5.91 Å². The van der Waals surface area contributed by atoms with Crippen LogP contribution in [0.4, 0.5) is 0 Å². The number of alkyl halides is 1. The van der Waals surface area contributed by atoms with Gasteiger partial charge in [-0.25, -0.2) is 0 Å². The molecule has 1 fully saturated rings. The Labute approximate surface area is 107 Å². The van der Waals surface area contributed by atoms with E-state index in [9.17, 15) is 4.79 Å². The highest BCUT2D eigenvalue weighted by Gasteiger charge is 2.41. The van der Waals surface area contributed by atoms with Crippen LogP contribution in [0.25, 0.3) is 0 Å². The van der Waals surface area contributed by atoms with E-state index in [1.54, 1.807) is 0 Å². The molecule has 0 bridgehead atoms. The average Bonchev–Trinajstić information content (AvgIpc) is 3.10. The van der Waals surface area contributed by atoms with Gasteiger partial charge in [-0.3, -0.25) is 4.79 Å². The Hall–Kier alpha value is -1.02. The summed E-state index contributed by atoms with van der Waals surface area (Å²) < 4.78 is 0. The number of halogens is 1. The van der Waals surface area contributed by atoms with E-state index in [1.807, 2.05) is 32.0 Å². The number of aryl methyl sites for hydroxylation is 2. The summed E-state index contributed by atoms with van der Waals surface area (Å²) in [5.74, 6) is 0.655. The fraction of sp³-hybridized carbons (Fsp3) is 0.500. The highest BCUT2D eigenvalue weighted by molar-refractivity contribution is 6.18. The van der Waals surface area contributed by atoms with Crippen molar-refractivity contribution in [2.75, 3.05) is 12.4 Å². The molecule has 3 heteroatoms. The third-order valence-corrected chi connectivity index (χ3v) is 4.07. The van der Waals surface area contributed by atoms with Gasteiger partial charge in [0.15, 0.2) is 0 Å². The first kappa shape index (κ1) is 12.4. The Morgan fingerprint density at radius 2 is 2.12 bits per heavy atom. The average molecular weight is 252 g/mol. The van der Waals surface area contributed by atoms with Crippen molar-refractivity contribution in [1.82, 2.24) is 5.32 Å². The largest absolute Gasteiger partial charge is 0.351 e. The number of hydrogen-bond donors (Lipinski definition) is 1. The molecule has 92 valence electrons. The number of rotatable bonds is 4. The van der Waals surface area contributed by atoms with Crippen molar-refractivity contribution in [3.8, 4) is 0 Å². The van der Waals surface area contributed by atoms with Crippen molar-refractivity contribution in [2.45, 2.75) is 26.7 Å². The molecule has 1 amide bonds. The highest BCUT2D eigenvalue weighted by atomic mass is 35.5. The standard InChI is InChI=1S/C14H18ClNO/c1-10-3-4-11(2)12(7-10)13(17)16-9-14(8-15)5-6-14/h3-4,7H,5-6,8-9H2,1-2H3,(H,16,17). The molecule has 0 unspecified atom stereocenters. The van der Waals surface area contributed by atoms with Gasteiger partial charge in [-0.1, -0.05) is 17.7 Å². The van der Waals surface area contributed by atoms with Gasteiger partial charge in [0.2, 0.25) is 0 Å². The molecule has 0 heterocycles. The molecular formula is C14H18ClNO. The summed E-state index contributed by atoms with van der Waals surface area (Å²) in [7, 11) is 0. The normalized spacial score (nSPS) is 16.6. The van der Waals surface area contributed by atoms with Gasteiger partial charge in [0.1, 0.15) is 0 Å². The van der Waals surface area contributed by atoms with Crippen molar-refractivity contribution < 1.29 is 4.79 Å². The van der Waals surface area contributed by atoms with Gasteiger partial charge in [0, 0.05) is 23.4 Å². The first-order chi connectivity index (χ1) is 8.06. The molecule has 0 radical (unpaired) electrons. The quantitative estimate of drug-likeness (QED) is 0.819. The van der Waals surface area contributed by atoms with E-state index in [4.69, 9.17) is 11.6 Å². The Morgan fingerprint density at radius 3 is 2.71 bits per heavy atom. The zero-order valence-corrected chi connectivity index (χ0v) is 11.1. The van der Waals surface area contributed by atoms with Crippen molar-refractivity contribution in [3.63, 3.8) is 0 Å². The highest BCUT2D eigenvalue weighted by Crippen LogP contribution is 2.45. The maximum atomic E-state index is 12.1. The van der Waals surface area contributed by atoms with Crippen LogP contribution < -0.4 is 5.32 Å². The molecule has 0 aromatic heterocycles. The van der Waals surface area contributed by atoms with Gasteiger partial charge in [-0.15, -0.1) is 11.6 Å². The molecule has 1 N–H and O–H groups in total. The number of carbonyl (C=O) groups excluding carboxylic acids is 1. The van der Waals surface area contributed by atoms with E-state index in [0.717, 1.165) is 29.5 Å². The van der Waals surface area contributed by atoms with Crippen LogP contribution in [0.1, 0.15) is 34.3 Å². The number of hydrogen-bond acceptors (Lipinski definition) is 1. The Morgan fingerprint density at radius 1 is 1.41 bits per heavy atom. The zero-order chi connectivity index (χ0) is 12.5. The van der Waals surface area contributed by atoms with Crippen molar-refractivity contribution in [1.29, 1.82) is 0 Å². The molecule has 2 rings (SSSR count). The van der Waals surface area contributed by atoms with Crippen molar-refractivity contribution in [2.24, 2.45) is 5.41 Å². The van der Waals surface area contributed by atoms with Crippen LogP contribution in [0, 0.1) is 19.3 Å². The third-order valence-electron chi connectivity index (χ3n) is 3.50. The van der Waals surface area contributed by atoms with Crippen LogP contribution in [0.15, 0.2) is 18.2 Å². The van der Waals surface area contributed by atoms with Crippen LogP contribution >= 0.6 is 11.6 Å². The van der Waals surface area contributed by atoms with Crippen molar-refractivity contribution in [3.05, 3.63) is 34.9 Å². The van der Waals surface area contributed by atoms with E-state index in [1.165, 1.54) is 0 Å². The van der Waals surface area contributed by atoms with Crippen LogP contribution in [0.2, 0.25) is 0 Å². The smallest absolute Gasteiger partial charge is 0.251 e. The van der Waals surface area contributed by atoms with Gasteiger partial charge < -0.3 is 5.32 Å². The van der Waals surface area contributed by atoms with Gasteiger partial charge in [-0.2, -0.15) is 0 Å². The summed E-state index contributed by atoms with van der Waals surface area (Å²) >= 11 is 5.89. The minimum Gasteiger partial charge on any atom is -0.351 e. The van der Waals surface area contributed by atoms with E-state index in [-0.39, 0.29) is 11.3 Å². The molecule has 1 aliphatic rings. The number of amides is 1. The van der Waals surface area contributed by atoms with Gasteiger partial charge in [0.05, 0.1) is 0 Å². The molecule has 0 spiro atoms. The zero-order valence-electron chi connectivity index (χ0n) is 10.3. The maximum absolute atomic E-state index is 12.1. The lowest BCUT2D eigenvalue weighted by molar-refractivity contribution is 0.0945. The van der Waals surface area contributed by atoms with Crippen LogP contribution in [-0.2, 0) is 0 Å². The minimum atomic E-state index is 0.0163. The SMILES string of the molecule is Cc1ccc(C)c(C(=O)NCC2(CCl)CC2)c1. The van der Waals surface area contributed by atoms with E-state index < -0.39 is 0 Å². The molecule has 0 saturated heterocycles. The summed E-state index contributed by atoms with van der Waals surface area (Å²) in [5.41, 5.74) is 3.08. The maximum Gasteiger partial charge on any atom is 0.251 e. The molecule has 1 aromatic carbocycles. The second-order valence-corrected chi connectivity index (χ2v) is 5.40. The van der Waals surface area contributed by atoms with Crippen molar-refractivity contribution >= 4 is 17.5 Å². The Balaban J connectivity index is 2.02. The van der Waals surface area contributed by atoms with Crippen LogP contribution in [0.3, 0.4) is 0 Å². The summed E-state index contributed by atoms with van der Waals surface area (Å²) in [6, 6.07) is 5.94. The number of carbonyl (C=O) groups is 1. The lowest BCUT2D eigenvalue weighted by Gasteiger charge is -2.13. The molecule has 1 saturated carbocycles. The van der Waals surface area contributed by atoms with Crippen LogP contribution in [-0.4, -0.2) is 18.3 Å². The molecule has 1 aliphatic carbocycles. The molecular weight excluding hydrogens is 234 g/mol.